The molecular weight excluding hydrogens is 416 g/mol. The molecule has 3 rings (SSSR count). The number of anilines is 1. The first-order chi connectivity index (χ1) is 15.8. The molecule has 33 heavy (non-hydrogen) atoms. The lowest BCUT2D eigenvalue weighted by Gasteiger charge is -2.32. The van der Waals surface area contributed by atoms with E-state index in [1.807, 2.05) is 12.1 Å². The van der Waals surface area contributed by atoms with Crippen LogP contribution in [-0.2, 0) is 5.41 Å². The van der Waals surface area contributed by atoms with Crippen molar-refractivity contribution in [2.75, 3.05) is 24.6 Å². The van der Waals surface area contributed by atoms with Crippen molar-refractivity contribution in [3.8, 4) is 0 Å². The molecule has 0 spiro atoms. The molecule has 1 aromatic heterocycles. The summed E-state index contributed by atoms with van der Waals surface area (Å²) < 4.78 is 5.70. The molecule has 1 unspecified atom stereocenters. The minimum Gasteiger partial charge on any atom is -0.404 e. The number of rotatable bonds is 9. The van der Waals surface area contributed by atoms with Crippen LogP contribution in [0, 0.1) is 11.8 Å². The van der Waals surface area contributed by atoms with Crippen LogP contribution in [0.2, 0.25) is 0 Å². The number of aliphatic hydroxyl groups excluding tert-OH is 1. The van der Waals surface area contributed by atoms with Crippen molar-refractivity contribution >= 4 is 17.8 Å². The van der Waals surface area contributed by atoms with Crippen molar-refractivity contribution in [2.24, 2.45) is 28.3 Å². The number of piperidine rings is 1. The van der Waals surface area contributed by atoms with Gasteiger partial charge in [0.15, 0.2) is 5.82 Å². The van der Waals surface area contributed by atoms with Gasteiger partial charge in [-0.2, -0.15) is 4.98 Å². The molecule has 1 fully saturated rings. The van der Waals surface area contributed by atoms with Gasteiger partial charge in [-0.05, 0) is 49.1 Å². The van der Waals surface area contributed by atoms with Crippen LogP contribution in [0.5, 0.6) is 0 Å². The van der Waals surface area contributed by atoms with Crippen LogP contribution >= 0.6 is 0 Å². The summed E-state index contributed by atoms with van der Waals surface area (Å²) in [6.45, 7) is 12.0. The minimum absolute atomic E-state index is 0.226. The Hall–Kier alpha value is -3.13. The van der Waals surface area contributed by atoms with Gasteiger partial charge in [0.1, 0.15) is 5.82 Å². The molecule has 0 aliphatic carbocycles. The van der Waals surface area contributed by atoms with Crippen molar-refractivity contribution < 1.29 is 9.63 Å². The van der Waals surface area contributed by atoms with Crippen LogP contribution in [0.4, 0.5) is 6.01 Å². The number of benzene rings is 1. The van der Waals surface area contributed by atoms with Crippen molar-refractivity contribution in [1.29, 1.82) is 0 Å². The number of aliphatic hydroxyl groups is 1. The van der Waals surface area contributed by atoms with Crippen LogP contribution in [0.15, 0.2) is 52.4 Å². The number of aliphatic imine (C=N–C) groups is 1. The smallest absolute Gasteiger partial charge is 0.324 e. The molecule has 1 aromatic carbocycles. The van der Waals surface area contributed by atoms with E-state index in [1.165, 1.54) is 6.20 Å². The largest absolute Gasteiger partial charge is 0.404 e. The highest BCUT2D eigenvalue weighted by atomic mass is 16.5. The first-order valence-corrected chi connectivity index (χ1v) is 11.5. The molecule has 1 aliphatic rings. The second kappa shape index (κ2) is 10.7. The highest BCUT2D eigenvalue weighted by Crippen LogP contribution is 2.38. The first-order valence-electron chi connectivity index (χ1n) is 11.5. The quantitative estimate of drug-likeness (QED) is 0.497. The molecule has 0 saturated carbocycles. The first kappa shape index (κ1) is 24.5. The summed E-state index contributed by atoms with van der Waals surface area (Å²) in [6, 6.07) is 8.73. The molecular formula is C25H36N6O2. The fraction of sp³-hybridized carbons (Fsp3) is 0.480. The number of nitrogens with two attached hydrogens (primary N) is 2. The van der Waals surface area contributed by atoms with Gasteiger partial charge in [-0.15, -0.1) is 0 Å². The monoisotopic (exact) mass is 452 g/mol. The highest BCUT2D eigenvalue weighted by molar-refractivity contribution is 6.09. The number of hydrogen-bond donors (Lipinski definition) is 3. The maximum atomic E-state index is 9.19. The molecule has 1 saturated heterocycles. The standard InChI is InChI=1S/C25H36N6O2/c1-17(2)25(4,22-7-5-20(6-8-22)21(15-26)16-28-18(3)27)23-29-24(33-30-23)31-12-9-19(10-13-31)11-14-32/h5-8,15-17,19,32H,3,9-14,26-27H2,1-2,4H3/b21-15+,28-16?. The maximum Gasteiger partial charge on any atom is 0.324 e. The van der Waals surface area contributed by atoms with Crippen LogP contribution in [-0.4, -0.2) is 41.2 Å². The second-order valence-electron chi connectivity index (χ2n) is 9.15. The average Bonchev–Trinajstić information content (AvgIpc) is 3.30. The fourth-order valence-corrected chi connectivity index (χ4v) is 4.25. The van der Waals surface area contributed by atoms with Gasteiger partial charge in [-0.25, -0.2) is 4.99 Å². The normalized spacial score (nSPS) is 17.6. The molecule has 8 heteroatoms. The summed E-state index contributed by atoms with van der Waals surface area (Å²) in [5.74, 6) is 1.70. The van der Waals surface area contributed by atoms with E-state index in [-0.39, 0.29) is 18.3 Å². The Balaban J connectivity index is 1.83. The highest BCUT2D eigenvalue weighted by Gasteiger charge is 2.38. The predicted octanol–water partition coefficient (Wildman–Crippen LogP) is 3.43. The van der Waals surface area contributed by atoms with Crippen molar-refractivity contribution in [2.45, 2.75) is 45.4 Å². The zero-order valence-corrected chi connectivity index (χ0v) is 19.9. The topological polar surface area (TPSA) is 127 Å². The number of nitrogens with zero attached hydrogens (tertiary/aromatic N) is 4. The van der Waals surface area contributed by atoms with Gasteiger partial charge >= 0.3 is 6.01 Å². The molecule has 0 radical (unpaired) electrons. The van der Waals surface area contributed by atoms with E-state index in [9.17, 15) is 5.11 Å². The van der Waals surface area contributed by atoms with E-state index in [0.29, 0.717) is 17.8 Å². The molecule has 0 bridgehead atoms. The number of hydrogen-bond acceptors (Lipinski definition) is 8. The molecule has 8 nitrogen and oxygen atoms in total. The van der Waals surface area contributed by atoms with Crippen molar-refractivity contribution in [1.82, 2.24) is 10.1 Å². The van der Waals surface area contributed by atoms with Gasteiger partial charge in [-0.3, -0.25) is 0 Å². The summed E-state index contributed by atoms with van der Waals surface area (Å²) in [7, 11) is 0. The molecule has 2 heterocycles. The summed E-state index contributed by atoms with van der Waals surface area (Å²) in [6.07, 6.45) is 6.02. The number of allylic oxidation sites excluding steroid dienone is 1. The zero-order valence-electron chi connectivity index (χ0n) is 19.9. The third-order valence-corrected chi connectivity index (χ3v) is 6.82. The zero-order chi connectivity index (χ0) is 24.0. The van der Waals surface area contributed by atoms with Gasteiger partial charge in [0.2, 0.25) is 0 Å². The van der Waals surface area contributed by atoms with Gasteiger partial charge in [0, 0.05) is 37.7 Å². The molecule has 1 aliphatic heterocycles. The van der Waals surface area contributed by atoms with E-state index in [0.717, 1.165) is 49.1 Å². The average molecular weight is 453 g/mol. The van der Waals surface area contributed by atoms with Crippen LogP contribution in [0.1, 0.15) is 57.0 Å². The van der Waals surface area contributed by atoms with E-state index in [1.54, 1.807) is 6.21 Å². The second-order valence-corrected chi connectivity index (χ2v) is 9.15. The fourth-order valence-electron chi connectivity index (χ4n) is 4.25. The minimum atomic E-state index is -0.429. The summed E-state index contributed by atoms with van der Waals surface area (Å²) in [5, 5.41) is 13.6. The predicted molar refractivity (Wildman–Crippen MR) is 133 cm³/mol. The van der Waals surface area contributed by atoms with E-state index in [4.69, 9.17) is 21.0 Å². The van der Waals surface area contributed by atoms with E-state index < -0.39 is 5.41 Å². The van der Waals surface area contributed by atoms with E-state index >= 15 is 0 Å². The molecule has 1 atom stereocenters. The van der Waals surface area contributed by atoms with E-state index in [2.05, 4.69) is 54.5 Å². The Morgan fingerprint density at radius 1 is 1.33 bits per heavy atom. The van der Waals surface area contributed by atoms with Crippen LogP contribution in [0.25, 0.3) is 5.57 Å². The Morgan fingerprint density at radius 2 is 2.00 bits per heavy atom. The molecule has 2 aromatic rings. The SMILES string of the molecule is C=C(N)N=C/C(=C\N)c1ccc(C(C)(c2noc(N3CCC(CCO)CC3)n2)C(C)C)cc1. The van der Waals surface area contributed by atoms with Gasteiger partial charge < -0.3 is 26.0 Å². The van der Waals surface area contributed by atoms with Gasteiger partial charge in [0.25, 0.3) is 0 Å². The van der Waals surface area contributed by atoms with Crippen LogP contribution < -0.4 is 16.4 Å². The van der Waals surface area contributed by atoms with Crippen molar-refractivity contribution in [3.63, 3.8) is 0 Å². The van der Waals surface area contributed by atoms with Crippen molar-refractivity contribution in [3.05, 3.63) is 59.8 Å². The maximum absolute atomic E-state index is 9.19. The Kier molecular flexibility index (Phi) is 7.92. The lowest BCUT2D eigenvalue weighted by molar-refractivity contribution is 0.238. The number of aromatic nitrogens is 2. The lowest BCUT2D eigenvalue weighted by Crippen LogP contribution is -2.35. The summed E-state index contributed by atoms with van der Waals surface area (Å²) in [5.41, 5.74) is 13.7. The third kappa shape index (κ3) is 5.45. The van der Waals surface area contributed by atoms with Crippen LogP contribution in [0.3, 0.4) is 0 Å². The summed E-state index contributed by atoms with van der Waals surface area (Å²) >= 11 is 0. The van der Waals surface area contributed by atoms with Gasteiger partial charge in [0.05, 0.1) is 5.41 Å². The molecule has 5 N–H and O–H groups in total. The Morgan fingerprint density at radius 3 is 2.55 bits per heavy atom. The Labute approximate surface area is 196 Å². The third-order valence-electron chi connectivity index (χ3n) is 6.82. The summed E-state index contributed by atoms with van der Waals surface area (Å²) in [4.78, 5) is 11.0. The molecule has 0 amide bonds. The Bertz CT molecular complexity index is 987. The molecule has 178 valence electrons. The van der Waals surface area contributed by atoms with Gasteiger partial charge in [-0.1, -0.05) is 49.8 Å². The lowest BCUT2D eigenvalue weighted by atomic mass is 9.72.